The Morgan fingerprint density at radius 3 is 2.57 bits per heavy atom. The van der Waals surface area contributed by atoms with E-state index < -0.39 is 0 Å². The van der Waals surface area contributed by atoms with Gasteiger partial charge in [-0.2, -0.15) is 0 Å². The second-order valence-electron chi connectivity index (χ2n) is 8.94. The first-order valence-corrected chi connectivity index (χ1v) is 14.4. The monoisotopic (exact) mass is 536 g/mol. The maximum absolute atomic E-state index is 13.3. The van der Waals surface area contributed by atoms with Crippen molar-refractivity contribution >= 4 is 51.6 Å². The second kappa shape index (κ2) is 12.4. The molecule has 1 heterocycles. The van der Waals surface area contributed by atoms with E-state index in [9.17, 15) is 14.4 Å². The lowest BCUT2D eigenvalue weighted by atomic mass is 9.95. The molecule has 0 spiro atoms. The third-order valence-electron chi connectivity index (χ3n) is 6.31. The molecule has 0 aliphatic heterocycles. The Balaban J connectivity index is 1.48. The van der Waals surface area contributed by atoms with Crippen molar-refractivity contribution in [2.24, 2.45) is 0 Å². The van der Waals surface area contributed by atoms with Gasteiger partial charge in [0.05, 0.1) is 17.4 Å². The van der Waals surface area contributed by atoms with Gasteiger partial charge in [0, 0.05) is 21.0 Å². The summed E-state index contributed by atoms with van der Waals surface area (Å²) in [6.45, 7) is 5.95. The molecule has 1 aromatic heterocycles. The van der Waals surface area contributed by atoms with Gasteiger partial charge in [-0.05, 0) is 81.3 Å². The number of rotatable bonds is 9. The number of benzene rings is 2. The van der Waals surface area contributed by atoms with Gasteiger partial charge in [0.25, 0.3) is 5.91 Å². The minimum atomic E-state index is -0.366. The van der Waals surface area contributed by atoms with E-state index in [0.717, 1.165) is 41.7 Å². The van der Waals surface area contributed by atoms with Gasteiger partial charge in [0.15, 0.2) is 0 Å². The summed E-state index contributed by atoms with van der Waals surface area (Å²) in [5, 5.41) is 6.22. The highest BCUT2D eigenvalue weighted by atomic mass is 32.2. The van der Waals surface area contributed by atoms with Gasteiger partial charge in [-0.1, -0.05) is 31.2 Å². The number of hydrogen-bond donors (Lipinski definition) is 2. The highest BCUT2D eigenvalue weighted by Crippen LogP contribution is 2.39. The first-order chi connectivity index (χ1) is 17.9. The lowest BCUT2D eigenvalue weighted by molar-refractivity contribution is -0.115. The summed E-state index contributed by atoms with van der Waals surface area (Å²) in [5.41, 5.74) is 3.76. The van der Waals surface area contributed by atoms with Gasteiger partial charge in [-0.25, -0.2) is 4.79 Å². The van der Waals surface area contributed by atoms with Crippen LogP contribution in [0, 0.1) is 6.92 Å². The van der Waals surface area contributed by atoms with Crippen molar-refractivity contribution in [3.63, 3.8) is 0 Å². The number of anilines is 2. The fourth-order valence-corrected chi connectivity index (χ4v) is 6.72. The third kappa shape index (κ3) is 6.43. The van der Waals surface area contributed by atoms with Crippen LogP contribution in [0.5, 0.6) is 0 Å². The van der Waals surface area contributed by atoms with Crippen molar-refractivity contribution in [3.05, 3.63) is 75.7 Å². The molecule has 1 aliphatic carbocycles. The van der Waals surface area contributed by atoms with E-state index in [1.165, 1.54) is 28.0 Å². The van der Waals surface area contributed by atoms with Crippen LogP contribution in [0.1, 0.15) is 69.8 Å². The van der Waals surface area contributed by atoms with Crippen LogP contribution in [-0.2, 0) is 22.4 Å². The quantitative estimate of drug-likeness (QED) is 0.230. The Hall–Kier alpha value is -3.10. The maximum atomic E-state index is 13.3. The van der Waals surface area contributed by atoms with Crippen LogP contribution in [-0.4, -0.2) is 29.6 Å². The van der Waals surface area contributed by atoms with Crippen LogP contribution in [0.15, 0.2) is 53.4 Å². The predicted octanol–water partition coefficient (Wildman–Crippen LogP) is 6.87. The molecule has 6 nitrogen and oxygen atoms in total. The van der Waals surface area contributed by atoms with Crippen molar-refractivity contribution in [1.29, 1.82) is 0 Å². The topological polar surface area (TPSA) is 84.5 Å². The number of thiophene rings is 1. The van der Waals surface area contributed by atoms with Gasteiger partial charge < -0.3 is 15.4 Å². The molecule has 4 rings (SSSR count). The molecule has 1 aliphatic rings. The van der Waals surface area contributed by atoms with Crippen molar-refractivity contribution in [2.75, 3.05) is 17.2 Å². The molecule has 0 radical (unpaired) electrons. The van der Waals surface area contributed by atoms with E-state index >= 15 is 0 Å². The lowest BCUT2D eigenvalue weighted by Crippen LogP contribution is -2.25. The van der Waals surface area contributed by atoms with E-state index in [1.807, 2.05) is 56.3 Å². The molecule has 0 bridgehead atoms. The zero-order chi connectivity index (χ0) is 26.4. The van der Waals surface area contributed by atoms with E-state index in [2.05, 4.69) is 10.6 Å². The number of amides is 2. The lowest BCUT2D eigenvalue weighted by Gasteiger charge is -2.16. The predicted molar refractivity (Wildman–Crippen MR) is 151 cm³/mol. The maximum Gasteiger partial charge on any atom is 0.341 e. The first-order valence-electron chi connectivity index (χ1n) is 12.7. The Kier molecular flexibility index (Phi) is 9.05. The van der Waals surface area contributed by atoms with Crippen LogP contribution in [0.25, 0.3) is 0 Å². The molecule has 8 heteroatoms. The van der Waals surface area contributed by atoms with Crippen molar-refractivity contribution in [1.82, 2.24) is 0 Å². The molecule has 0 saturated carbocycles. The van der Waals surface area contributed by atoms with Gasteiger partial charge in [0.1, 0.15) is 5.00 Å². The van der Waals surface area contributed by atoms with E-state index in [-0.39, 0.29) is 23.0 Å². The molecule has 1 unspecified atom stereocenters. The molecule has 1 atom stereocenters. The summed E-state index contributed by atoms with van der Waals surface area (Å²) in [6.07, 6.45) is 4.50. The number of ether oxygens (including phenoxy) is 1. The van der Waals surface area contributed by atoms with Gasteiger partial charge in [-0.3, -0.25) is 9.59 Å². The van der Waals surface area contributed by atoms with E-state index in [4.69, 9.17) is 4.74 Å². The Morgan fingerprint density at radius 1 is 1.03 bits per heavy atom. The molecule has 0 saturated heterocycles. The number of thioether (sulfide) groups is 1. The summed E-state index contributed by atoms with van der Waals surface area (Å²) in [6, 6.07) is 15.0. The number of hydrogen-bond acceptors (Lipinski definition) is 6. The van der Waals surface area contributed by atoms with Crippen LogP contribution in [0.4, 0.5) is 10.7 Å². The largest absolute Gasteiger partial charge is 0.462 e. The minimum absolute atomic E-state index is 0.147. The normalized spacial score (nSPS) is 13.4. The van der Waals surface area contributed by atoms with Crippen molar-refractivity contribution in [2.45, 2.75) is 63.0 Å². The Morgan fingerprint density at radius 2 is 1.81 bits per heavy atom. The standard InChI is InChI=1S/C29H32N2O4S2/c1-4-23(27(33)31-28-25(29(34)35-5-2)22-15-8-9-16-24(22)37-28)36-20-13-10-12-19(17-20)30-26(32)21-14-7-6-11-18(21)3/h6-7,10-14,17,23H,4-5,8-9,15-16H2,1-3H3,(H,30,32)(H,31,33). The van der Waals surface area contributed by atoms with Crippen LogP contribution in [0.3, 0.4) is 0 Å². The molecule has 2 amide bonds. The number of carbonyl (C=O) groups is 3. The molecule has 37 heavy (non-hydrogen) atoms. The molecule has 2 aromatic carbocycles. The fraction of sp³-hybridized carbons (Fsp3) is 0.345. The highest BCUT2D eigenvalue weighted by Gasteiger charge is 2.29. The molecule has 0 fully saturated rings. The zero-order valence-electron chi connectivity index (χ0n) is 21.4. The first kappa shape index (κ1) is 26.9. The molecular formula is C29H32N2O4S2. The van der Waals surface area contributed by atoms with Crippen molar-refractivity contribution < 1.29 is 19.1 Å². The molecule has 3 aromatic rings. The summed E-state index contributed by atoms with van der Waals surface area (Å²) < 4.78 is 5.32. The van der Waals surface area contributed by atoms with Crippen molar-refractivity contribution in [3.8, 4) is 0 Å². The minimum Gasteiger partial charge on any atom is -0.462 e. The smallest absolute Gasteiger partial charge is 0.341 e. The fourth-order valence-electron chi connectivity index (χ4n) is 4.43. The second-order valence-corrected chi connectivity index (χ2v) is 11.3. The number of carbonyl (C=O) groups excluding carboxylic acids is 3. The molecular weight excluding hydrogens is 504 g/mol. The molecule has 194 valence electrons. The van der Waals surface area contributed by atoms with E-state index in [1.54, 1.807) is 13.0 Å². The summed E-state index contributed by atoms with van der Waals surface area (Å²) in [5.74, 6) is -0.681. The Bertz CT molecular complexity index is 1300. The number of nitrogens with one attached hydrogen (secondary N) is 2. The average molecular weight is 537 g/mol. The summed E-state index contributed by atoms with van der Waals surface area (Å²) in [7, 11) is 0. The third-order valence-corrected chi connectivity index (χ3v) is 8.88. The van der Waals surface area contributed by atoms with Gasteiger partial charge in [0.2, 0.25) is 5.91 Å². The van der Waals surface area contributed by atoms with Crippen LogP contribution < -0.4 is 10.6 Å². The number of fused-ring (bicyclic) bond motifs is 1. The summed E-state index contributed by atoms with van der Waals surface area (Å²) >= 11 is 2.94. The van der Waals surface area contributed by atoms with Gasteiger partial charge >= 0.3 is 5.97 Å². The molecule has 2 N–H and O–H groups in total. The average Bonchev–Trinajstić information content (AvgIpc) is 3.25. The van der Waals surface area contributed by atoms with Crippen LogP contribution in [0.2, 0.25) is 0 Å². The summed E-state index contributed by atoms with van der Waals surface area (Å²) in [4.78, 5) is 40.9. The van der Waals surface area contributed by atoms with Crippen LogP contribution >= 0.6 is 23.1 Å². The zero-order valence-corrected chi connectivity index (χ0v) is 23.0. The highest BCUT2D eigenvalue weighted by molar-refractivity contribution is 8.00. The van der Waals surface area contributed by atoms with Gasteiger partial charge in [-0.15, -0.1) is 23.1 Å². The number of aryl methyl sites for hydroxylation is 2. The van der Waals surface area contributed by atoms with E-state index in [0.29, 0.717) is 34.8 Å². The number of esters is 1. The Labute approximate surface area is 226 Å². The SMILES string of the molecule is CCOC(=O)c1c(NC(=O)C(CC)Sc2cccc(NC(=O)c3ccccc3C)c2)sc2c1CCCC2.